The minimum absolute atomic E-state index is 0.141. The van der Waals surface area contributed by atoms with E-state index in [9.17, 15) is 22.8 Å². The van der Waals surface area contributed by atoms with Crippen molar-refractivity contribution in [3.8, 4) is 0 Å². The van der Waals surface area contributed by atoms with Crippen LogP contribution in [0.2, 0.25) is 0 Å². The molecule has 0 aromatic carbocycles. The zero-order valence-corrected chi connectivity index (χ0v) is 22.1. The van der Waals surface area contributed by atoms with Crippen molar-refractivity contribution in [3.05, 3.63) is 11.7 Å². The molecule has 0 spiro atoms. The van der Waals surface area contributed by atoms with E-state index < -0.39 is 50.8 Å². The van der Waals surface area contributed by atoms with Crippen molar-refractivity contribution in [2.24, 2.45) is 5.92 Å². The molecule has 2 rings (SSSR count). The number of hydrogen-bond donors (Lipinski definition) is 2. The first-order valence-electron chi connectivity index (χ1n) is 11.8. The van der Waals surface area contributed by atoms with Gasteiger partial charge in [0.25, 0.3) is 5.89 Å². The highest BCUT2D eigenvalue weighted by molar-refractivity contribution is 7.91. The number of nitrogens with one attached hydrogen (secondary N) is 2. The minimum Gasteiger partial charge on any atom is -0.378 e. The first-order valence-corrected chi connectivity index (χ1v) is 13.6. The van der Waals surface area contributed by atoms with Gasteiger partial charge in [0, 0.05) is 18.5 Å². The number of Topliss-reactive ketones (excluding diaryl/α,β-unsaturated/α-hetero) is 1. The molecule has 2 unspecified atom stereocenters. The van der Waals surface area contributed by atoms with Crippen molar-refractivity contribution in [1.29, 1.82) is 0 Å². The summed E-state index contributed by atoms with van der Waals surface area (Å²) in [7, 11) is -3.67. The number of ketones is 1. The number of amides is 3. The highest BCUT2D eigenvalue weighted by Crippen LogP contribution is 2.19. The van der Waals surface area contributed by atoms with Gasteiger partial charge in [-0.15, -0.1) is 0 Å². The van der Waals surface area contributed by atoms with Crippen LogP contribution in [-0.2, 0) is 24.8 Å². The number of morpholine rings is 1. The molecule has 3 amide bonds. The number of carbonyl (C=O) groups is 3. The summed E-state index contributed by atoms with van der Waals surface area (Å²) in [4.78, 5) is 44.4. The number of carbonyl (C=O) groups excluding carboxylic acids is 3. The van der Waals surface area contributed by atoms with E-state index in [1.165, 1.54) is 4.90 Å². The summed E-state index contributed by atoms with van der Waals surface area (Å²) in [6, 6.07) is -2.99. The zero-order chi connectivity index (χ0) is 26.4. The van der Waals surface area contributed by atoms with E-state index in [-0.39, 0.29) is 24.0 Å². The van der Waals surface area contributed by atoms with Gasteiger partial charge in [-0.3, -0.25) is 9.59 Å². The Balaban J connectivity index is 2.20. The number of ether oxygens (including phenoxy) is 1. The van der Waals surface area contributed by atoms with E-state index in [1.807, 2.05) is 20.8 Å². The minimum atomic E-state index is -3.67. The summed E-state index contributed by atoms with van der Waals surface area (Å²) in [6.07, 6.45) is 0.195. The molecule has 35 heavy (non-hydrogen) atoms. The van der Waals surface area contributed by atoms with Crippen molar-refractivity contribution in [2.75, 3.05) is 37.8 Å². The topological polar surface area (TPSA) is 161 Å². The summed E-state index contributed by atoms with van der Waals surface area (Å²) in [5.74, 6) is -2.16. The second-order valence-corrected chi connectivity index (χ2v) is 12.2. The molecule has 2 atom stereocenters. The molecule has 0 saturated carbocycles. The zero-order valence-electron chi connectivity index (χ0n) is 21.3. The fraction of sp³-hybridized carbons (Fsp3) is 0.773. The van der Waals surface area contributed by atoms with Crippen molar-refractivity contribution < 1.29 is 32.1 Å². The number of nitrogens with zero attached hydrogens (tertiary/aromatic N) is 3. The van der Waals surface area contributed by atoms with E-state index in [0.717, 1.165) is 0 Å². The molecule has 2 heterocycles. The van der Waals surface area contributed by atoms with Crippen molar-refractivity contribution in [3.63, 3.8) is 0 Å². The lowest BCUT2D eigenvalue weighted by Crippen LogP contribution is -2.57. The molecule has 1 fully saturated rings. The van der Waals surface area contributed by atoms with Crippen LogP contribution in [0, 0.1) is 5.92 Å². The molecule has 0 aliphatic carbocycles. The van der Waals surface area contributed by atoms with Gasteiger partial charge >= 0.3 is 6.03 Å². The summed E-state index contributed by atoms with van der Waals surface area (Å²) in [6.45, 7) is 12.1. The molecular weight excluding hydrogens is 478 g/mol. The Kier molecular flexibility index (Phi) is 9.78. The SMILES string of the molecule is CCC(NC(=O)C(CS(=O)(=O)CC(C)C)NC(=O)N1CCOCC1)C(=O)c1nc(C(C)(C)C)no1. The maximum atomic E-state index is 13.1. The summed E-state index contributed by atoms with van der Waals surface area (Å²) in [5.41, 5.74) is -0.438. The van der Waals surface area contributed by atoms with Crippen molar-refractivity contribution >= 4 is 27.6 Å². The van der Waals surface area contributed by atoms with Gasteiger partial charge in [0.1, 0.15) is 6.04 Å². The molecule has 0 bridgehead atoms. The quantitative estimate of drug-likeness (QED) is 0.432. The van der Waals surface area contributed by atoms with Crippen LogP contribution in [-0.4, -0.2) is 91.1 Å². The van der Waals surface area contributed by atoms with E-state index in [4.69, 9.17) is 9.26 Å². The summed E-state index contributed by atoms with van der Waals surface area (Å²) >= 11 is 0. The number of aromatic nitrogens is 2. The fourth-order valence-corrected chi connectivity index (χ4v) is 5.32. The Morgan fingerprint density at radius 2 is 1.69 bits per heavy atom. The standard InChI is InChI=1S/C22H37N5O7S/c1-7-15(17(28)19-25-20(26-34-19)22(4,5)6)23-18(29)16(13-35(31,32)12-14(2)3)24-21(30)27-8-10-33-11-9-27/h14-16H,7-13H2,1-6H3,(H,23,29)(H,24,30). The fourth-order valence-electron chi connectivity index (χ4n) is 3.42. The molecule has 1 aliphatic heterocycles. The Morgan fingerprint density at radius 3 is 2.20 bits per heavy atom. The Labute approximate surface area is 206 Å². The average molecular weight is 516 g/mol. The van der Waals surface area contributed by atoms with Crippen LogP contribution in [0.4, 0.5) is 4.79 Å². The molecule has 1 aromatic heterocycles. The highest BCUT2D eigenvalue weighted by atomic mass is 32.2. The Hall–Kier alpha value is -2.54. The molecule has 1 aliphatic rings. The summed E-state index contributed by atoms with van der Waals surface area (Å²) in [5, 5.41) is 8.92. The third kappa shape index (κ3) is 8.57. The van der Waals surface area contributed by atoms with Gasteiger partial charge in [0.2, 0.25) is 11.7 Å². The Morgan fingerprint density at radius 1 is 1.06 bits per heavy atom. The lowest BCUT2D eigenvalue weighted by atomic mass is 9.96. The third-order valence-electron chi connectivity index (χ3n) is 5.27. The van der Waals surface area contributed by atoms with Gasteiger partial charge in [0.15, 0.2) is 15.7 Å². The number of urea groups is 1. The van der Waals surface area contributed by atoms with E-state index in [2.05, 4.69) is 20.8 Å². The normalized spacial score (nSPS) is 16.6. The van der Waals surface area contributed by atoms with E-state index in [1.54, 1.807) is 20.8 Å². The highest BCUT2D eigenvalue weighted by Gasteiger charge is 2.34. The average Bonchev–Trinajstić information content (AvgIpc) is 3.27. The van der Waals surface area contributed by atoms with Gasteiger partial charge in [0.05, 0.1) is 30.8 Å². The number of sulfone groups is 1. The number of rotatable bonds is 10. The molecule has 0 radical (unpaired) electrons. The monoisotopic (exact) mass is 515 g/mol. The van der Waals surface area contributed by atoms with Crippen LogP contribution in [0.1, 0.15) is 64.5 Å². The van der Waals surface area contributed by atoms with Crippen molar-refractivity contribution in [1.82, 2.24) is 25.7 Å². The lowest BCUT2D eigenvalue weighted by Gasteiger charge is -2.29. The van der Waals surface area contributed by atoms with Crippen LogP contribution >= 0.6 is 0 Å². The molecular formula is C22H37N5O7S. The van der Waals surface area contributed by atoms with E-state index >= 15 is 0 Å². The van der Waals surface area contributed by atoms with Gasteiger partial charge in [-0.2, -0.15) is 4.98 Å². The first-order chi connectivity index (χ1) is 16.2. The Bertz CT molecular complexity index is 994. The predicted octanol–water partition coefficient (Wildman–Crippen LogP) is 0.926. The van der Waals surface area contributed by atoms with Crippen LogP contribution in [0.25, 0.3) is 0 Å². The maximum Gasteiger partial charge on any atom is 0.318 e. The largest absolute Gasteiger partial charge is 0.378 e. The second-order valence-electron chi connectivity index (χ2n) is 10.1. The van der Waals surface area contributed by atoms with Crippen LogP contribution in [0.15, 0.2) is 4.52 Å². The molecule has 1 saturated heterocycles. The number of hydrogen-bond acceptors (Lipinski definition) is 9. The molecule has 198 valence electrons. The van der Waals surface area contributed by atoms with Crippen LogP contribution < -0.4 is 10.6 Å². The summed E-state index contributed by atoms with van der Waals surface area (Å²) < 4.78 is 35.6. The van der Waals surface area contributed by atoms with Crippen molar-refractivity contribution in [2.45, 2.75) is 65.5 Å². The molecule has 13 heteroatoms. The molecule has 1 aromatic rings. The first kappa shape index (κ1) is 28.7. The van der Waals surface area contributed by atoms with Crippen LogP contribution in [0.5, 0.6) is 0 Å². The molecule has 2 N–H and O–H groups in total. The third-order valence-corrected chi connectivity index (χ3v) is 7.28. The maximum absolute atomic E-state index is 13.1. The van der Waals surface area contributed by atoms with Crippen LogP contribution in [0.3, 0.4) is 0 Å². The van der Waals surface area contributed by atoms with Gasteiger partial charge in [-0.1, -0.05) is 46.7 Å². The predicted molar refractivity (Wildman–Crippen MR) is 128 cm³/mol. The van der Waals surface area contributed by atoms with Gasteiger partial charge < -0.3 is 24.8 Å². The second kappa shape index (κ2) is 11.9. The molecule has 12 nitrogen and oxygen atoms in total. The van der Waals surface area contributed by atoms with Gasteiger partial charge in [-0.25, -0.2) is 13.2 Å². The smallest absolute Gasteiger partial charge is 0.318 e. The van der Waals surface area contributed by atoms with Gasteiger partial charge in [-0.05, 0) is 12.3 Å². The van der Waals surface area contributed by atoms with E-state index in [0.29, 0.717) is 32.1 Å². The lowest BCUT2D eigenvalue weighted by molar-refractivity contribution is -0.123.